The molecule has 7 heteroatoms. The first-order valence-electron chi connectivity index (χ1n) is 10.8. The molecule has 2 heterocycles. The van der Waals surface area contributed by atoms with Gasteiger partial charge in [-0.3, -0.25) is 9.59 Å². The first kappa shape index (κ1) is 20.0. The van der Waals surface area contributed by atoms with Gasteiger partial charge in [0.15, 0.2) is 0 Å². The van der Waals surface area contributed by atoms with E-state index in [0.29, 0.717) is 30.3 Å². The molecule has 1 aliphatic carbocycles. The number of fused-ring (bicyclic) bond motifs is 1. The molecule has 3 fully saturated rings. The van der Waals surface area contributed by atoms with Gasteiger partial charge in [-0.2, -0.15) is 0 Å². The molecule has 162 valence electrons. The number of hydrogen-bond donors (Lipinski definition) is 2. The summed E-state index contributed by atoms with van der Waals surface area (Å²) in [7, 11) is 0. The zero-order valence-electron chi connectivity index (χ0n) is 17.4. The summed E-state index contributed by atoms with van der Waals surface area (Å²) in [6.45, 7) is 2.70. The number of carbonyl (C=O) groups excluding carboxylic acids is 2. The number of nitrogens with one attached hydrogen (secondary N) is 2. The van der Waals surface area contributed by atoms with Crippen molar-refractivity contribution in [3.8, 4) is 11.5 Å². The zero-order valence-corrected chi connectivity index (χ0v) is 17.4. The largest absolute Gasteiger partial charge is 0.456 e. The Morgan fingerprint density at radius 1 is 0.871 bits per heavy atom. The number of amides is 2. The van der Waals surface area contributed by atoms with Crippen LogP contribution in [0.25, 0.3) is 0 Å². The van der Waals surface area contributed by atoms with Crippen LogP contribution in [0.4, 0.5) is 0 Å². The molecule has 1 saturated carbocycles. The fraction of sp³-hybridized carbons (Fsp3) is 0.417. The van der Waals surface area contributed by atoms with Gasteiger partial charge in [0.2, 0.25) is 5.91 Å². The molecule has 3 aliphatic rings. The van der Waals surface area contributed by atoms with E-state index >= 15 is 0 Å². The highest BCUT2D eigenvalue weighted by Crippen LogP contribution is 2.32. The number of para-hydroxylation sites is 2. The van der Waals surface area contributed by atoms with Gasteiger partial charge < -0.3 is 24.8 Å². The maximum absolute atomic E-state index is 13.1. The SMILES string of the molecule is Cc1ccccc1Oc1ccccc1C(=O)N[C@H]1CO[C@H]2[C@@H]1OC[C@@H]2NC(=O)C1CC1. The molecule has 0 unspecified atom stereocenters. The fourth-order valence-corrected chi connectivity index (χ4v) is 4.17. The normalized spacial score (nSPS) is 26.9. The highest BCUT2D eigenvalue weighted by molar-refractivity contribution is 5.97. The van der Waals surface area contributed by atoms with Gasteiger partial charge in [-0.15, -0.1) is 0 Å². The Morgan fingerprint density at radius 3 is 2.16 bits per heavy atom. The fourth-order valence-electron chi connectivity index (χ4n) is 4.17. The summed E-state index contributed by atoms with van der Waals surface area (Å²) in [5.74, 6) is 1.17. The Kier molecular flexibility index (Phi) is 5.38. The number of aryl methyl sites for hydroxylation is 1. The molecular formula is C24H26N2O5. The summed E-state index contributed by atoms with van der Waals surface area (Å²) in [5.41, 5.74) is 1.44. The number of rotatable bonds is 6. The minimum atomic E-state index is -0.285. The van der Waals surface area contributed by atoms with Crippen molar-refractivity contribution in [2.75, 3.05) is 13.2 Å². The molecule has 0 aromatic heterocycles. The summed E-state index contributed by atoms with van der Waals surface area (Å²) >= 11 is 0. The Bertz CT molecular complexity index is 989. The second-order valence-corrected chi connectivity index (χ2v) is 8.43. The van der Waals surface area contributed by atoms with Gasteiger partial charge in [0, 0.05) is 5.92 Å². The van der Waals surface area contributed by atoms with Crippen LogP contribution in [0.2, 0.25) is 0 Å². The molecule has 2 saturated heterocycles. The van der Waals surface area contributed by atoms with E-state index in [9.17, 15) is 9.59 Å². The van der Waals surface area contributed by atoms with Crippen molar-refractivity contribution in [1.82, 2.24) is 10.6 Å². The maximum Gasteiger partial charge on any atom is 0.255 e. The summed E-state index contributed by atoms with van der Waals surface area (Å²) in [6, 6.07) is 14.4. The lowest BCUT2D eigenvalue weighted by Crippen LogP contribution is -2.47. The second kappa shape index (κ2) is 8.32. The lowest BCUT2D eigenvalue weighted by Gasteiger charge is -2.19. The smallest absolute Gasteiger partial charge is 0.255 e. The second-order valence-electron chi connectivity index (χ2n) is 8.43. The lowest BCUT2D eigenvalue weighted by atomic mass is 10.1. The highest BCUT2D eigenvalue weighted by atomic mass is 16.6. The van der Waals surface area contributed by atoms with E-state index in [2.05, 4.69) is 10.6 Å². The van der Waals surface area contributed by atoms with Crippen molar-refractivity contribution in [3.05, 3.63) is 59.7 Å². The van der Waals surface area contributed by atoms with Gasteiger partial charge in [-0.1, -0.05) is 30.3 Å². The van der Waals surface area contributed by atoms with Crippen molar-refractivity contribution in [1.29, 1.82) is 0 Å². The standard InChI is InChI=1S/C24H26N2O5/c1-14-6-2-4-8-19(14)31-20-9-5-3-7-16(20)24(28)26-18-13-30-21-17(12-29-22(18)21)25-23(27)15-10-11-15/h2-9,15,17-18,21-22H,10-13H2,1H3,(H,25,27)(H,26,28)/t17-,18-,21+,22+/m0/s1. The molecule has 0 radical (unpaired) electrons. The molecule has 31 heavy (non-hydrogen) atoms. The van der Waals surface area contributed by atoms with Gasteiger partial charge in [0.1, 0.15) is 23.7 Å². The molecule has 2 aliphatic heterocycles. The summed E-state index contributed by atoms with van der Waals surface area (Å²) in [6.07, 6.45) is 1.39. The molecular weight excluding hydrogens is 396 g/mol. The molecule has 4 atom stereocenters. The zero-order chi connectivity index (χ0) is 21.4. The van der Waals surface area contributed by atoms with Crippen molar-refractivity contribution in [2.24, 2.45) is 5.92 Å². The third kappa shape index (κ3) is 4.16. The topological polar surface area (TPSA) is 85.9 Å². The predicted octanol–water partition coefficient (Wildman–Crippen LogP) is 2.58. The van der Waals surface area contributed by atoms with E-state index in [1.54, 1.807) is 12.1 Å². The van der Waals surface area contributed by atoms with Gasteiger partial charge in [0.25, 0.3) is 5.91 Å². The number of hydrogen-bond acceptors (Lipinski definition) is 5. The molecule has 2 aromatic carbocycles. The molecule has 2 N–H and O–H groups in total. The van der Waals surface area contributed by atoms with E-state index in [1.165, 1.54) is 0 Å². The van der Waals surface area contributed by atoms with Crippen LogP contribution < -0.4 is 15.4 Å². The molecule has 0 bridgehead atoms. The quantitative estimate of drug-likeness (QED) is 0.747. The van der Waals surface area contributed by atoms with Crippen LogP contribution in [0, 0.1) is 12.8 Å². The van der Waals surface area contributed by atoms with E-state index < -0.39 is 0 Å². The van der Waals surface area contributed by atoms with Gasteiger partial charge in [-0.25, -0.2) is 0 Å². The van der Waals surface area contributed by atoms with Crippen molar-refractivity contribution in [3.63, 3.8) is 0 Å². The van der Waals surface area contributed by atoms with Crippen LogP contribution >= 0.6 is 0 Å². The first-order valence-corrected chi connectivity index (χ1v) is 10.8. The van der Waals surface area contributed by atoms with Gasteiger partial charge >= 0.3 is 0 Å². The first-order chi connectivity index (χ1) is 15.1. The Morgan fingerprint density at radius 2 is 1.48 bits per heavy atom. The van der Waals surface area contributed by atoms with Crippen molar-refractivity contribution in [2.45, 2.75) is 44.1 Å². The number of benzene rings is 2. The van der Waals surface area contributed by atoms with E-state index in [4.69, 9.17) is 14.2 Å². The third-order valence-corrected chi connectivity index (χ3v) is 6.09. The third-order valence-electron chi connectivity index (χ3n) is 6.09. The minimum absolute atomic E-state index is 0.0765. The van der Waals surface area contributed by atoms with Crippen LogP contribution in [-0.4, -0.2) is 49.3 Å². The molecule has 0 spiro atoms. The minimum Gasteiger partial charge on any atom is -0.456 e. The Hall–Kier alpha value is -2.90. The van der Waals surface area contributed by atoms with Crippen LogP contribution in [0.1, 0.15) is 28.8 Å². The average Bonchev–Trinajstić information content (AvgIpc) is 3.45. The molecule has 7 nitrogen and oxygen atoms in total. The Labute approximate surface area is 181 Å². The molecule has 2 amide bonds. The maximum atomic E-state index is 13.1. The monoisotopic (exact) mass is 422 g/mol. The van der Waals surface area contributed by atoms with E-state index in [1.807, 2.05) is 43.3 Å². The van der Waals surface area contributed by atoms with E-state index in [0.717, 1.165) is 18.4 Å². The van der Waals surface area contributed by atoms with E-state index in [-0.39, 0.29) is 42.0 Å². The number of ether oxygens (including phenoxy) is 3. The molecule has 2 aromatic rings. The van der Waals surface area contributed by atoms with Gasteiger partial charge in [-0.05, 0) is 43.5 Å². The van der Waals surface area contributed by atoms with Crippen molar-refractivity contribution < 1.29 is 23.8 Å². The summed E-state index contributed by atoms with van der Waals surface area (Å²) in [5, 5.41) is 6.07. The average molecular weight is 422 g/mol. The highest BCUT2D eigenvalue weighted by Gasteiger charge is 2.49. The summed E-state index contributed by atoms with van der Waals surface area (Å²) < 4.78 is 17.8. The Balaban J connectivity index is 1.25. The molecule has 5 rings (SSSR count). The summed E-state index contributed by atoms with van der Waals surface area (Å²) in [4.78, 5) is 25.2. The number of carbonyl (C=O) groups is 2. The van der Waals surface area contributed by atoms with Gasteiger partial charge in [0.05, 0.1) is 30.9 Å². The predicted molar refractivity (Wildman–Crippen MR) is 113 cm³/mol. The van der Waals surface area contributed by atoms with Crippen LogP contribution in [0.5, 0.6) is 11.5 Å². The lowest BCUT2D eigenvalue weighted by molar-refractivity contribution is -0.123. The van der Waals surface area contributed by atoms with Crippen LogP contribution in [0.3, 0.4) is 0 Å². The van der Waals surface area contributed by atoms with Crippen molar-refractivity contribution >= 4 is 11.8 Å². The van der Waals surface area contributed by atoms with Crippen LogP contribution in [-0.2, 0) is 14.3 Å². The van der Waals surface area contributed by atoms with Crippen LogP contribution in [0.15, 0.2) is 48.5 Å².